The van der Waals surface area contributed by atoms with Gasteiger partial charge in [0.2, 0.25) is 0 Å². The molecule has 0 unspecified atom stereocenters. The van der Waals surface area contributed by atoms with Gasteiger partial charge in [0.25, 0.3) is 5.91 Å². The Kier molecular flexibility index (Phi) is 6.10. The number of amides is 1. The molecule has 0 bridgehead atoms. The van der Waals surface area contributed by atoms with E-state index in [4.69, 9.17) is 0 Å². The maximum Gasteiger partial charge on any atom is 0.434 e. The number of aryl methyl sites for hydroxylation is 1. The number of hydrogen-bond donors (Lipinski definition) is 1. The lowest BCUT2D eigenvalue weighted by Crippen LogP contribution is -2.29. The van der Waals surface area contributed by atoms with E-state index in [2.05, 4.69) is 20.3 Å². The van der Waals surface area contributed by atoms with Crippen LogP contribution in [0.2, 0.25) is 0 Å². The molecule has 10 heteroatoms. The lowest BCUT2D eigenvalue weighted by Gasteiger charge is -2.25. The SMILES string of the molecule is Cc1ccc(-n2ncc(C(=O)Nc3nc(CN4CCCCC4)cs3)c2C(F)(F)F)cc1. The Labute approximate surface area is 181 Å². The Morgan fingerprint density at radius 1 is 1.16 bits per heavy atom. The summed E-state index contributed by atoms with van der Waals surface area (Å²) >= 11 is 1.20. The quantitative estimate of drug-likeness (QED) is 0.602. The van der Waals surface area contributed by atoms with E-state index in [1.54, 1.807) is 12.1 Å². The van der Waals surface area contributed by atoms with Gasteiger partial charge in [-0.2, -0.15) is 18.3 Å². The minimum absolute atomic E-state index is 0.232. The summed E-state index contributed by atoms with van der Waals surface area (Å²) in [5.41, 5.74) is 0.287. The molecule has 3 aromatic rings. The van der Waals surface area contributed by atoms with E-state index in [0.717, 1.165) is 48.1 Å². The van der Waals surface area contributed by atoms with Crippen LogP contribution in [0.3, 0.4) is 0 Å². The van der Waals surface area contributed by atoms with Crippen LogP contribution in [-0.2, 0) is 12.7 Å². The first-order valence-electron chi connectivity index (χ1n) is 10.0. The maximum absolute atomic E-state index is 13.8. The van der Waals surface area contributed by atoms with Crippen LogP contribution in [0.1, 0.15) is 46.6 Å². The van der Waals surface area contributed by atoms with Crippen LogP contribution in [0.4, 0.5) is 18.3 Å². The van der Waals surface area contributed by atoms with E-state index >= 15 is 0 Å². The second-order valence-electron chi connectivity index (χ2n) is 7.59. The molecule has 0 atom stereocenters. The molecule has 1 aliphatic rings. The van der Waals surface area contributed by atoms with E-state index in [9.17, 15) is 18.0 Å². The summed E-state index contributed by atoms with van der Waals surface area (Å²) in [6.45, 7) is 4.52. The molecule has 1 amide bonds. The molecule has 0 saturated carbocycles. The van der Waals surface area contributed by atoms with Crippen molar-refractivity contribution >= 4 is 22.4 Å². The zero-order chi connectivity index (χ0) is 22.0. The zero-order valence-corrected chi connectivity index (χ0v) is 17.8. The Hall–Kier alpha value is -2.72. The Balaban J connectivity index is 1.54. The predicted octanol–water partition coefficient (Wildman–Crippen LogP) is 4.89. The Bertz CT molecular complexity index is 1050. The van der Waals surface area contributed by atoms with Crippen molar-refractivity contribution in [3.8, 4) is 5.69 Å². The number of halogens is 3. The maximum atomic E-state index is 13.8. The highest BCUT2D eigenvalue weighted by molar-refractivity contribution is 7.14. The van der Waals surface area contributed by atoms with E-state index in [1.807, 2.05) is 12.3 Å². The van der Waals surface area contributed by atoms with Gasteiger partial charge in [-0.3, -0.25) is 15.0 Å². The highest BCUT2D eigenvalue weighted by Crippen LogP contribution is 2.34. The smallest absolute Gasteiger partial charge is 0.298 e. The van der Waals surface area contributed by atoms with Crippen LogP contribution in [-0.4, -0.2) is 38.7 Å². The first-order valence-corrected chi connectivity index (χ1v) is 10.9. The summed E-state index contributed by atoms with van der Waals surface area (Å²) in [7, 11) is 0. The molecule has 6 nitrogen and oxygen atoms in total. The van der Waals surface area contributed by atoms with Gasteiger partial charge >= 0.3 is 6.18 Å². The van der Waals surface area contributed by atoms with Crippen LogP contribution >= 0.6 is 11.3 Å². The highest BCUT2D eigenvalue weighted by Gasteiger charge is 2.40. The standard InChI is InChI=1S/C21H22F3N5OS/c1-14-5-7-16(8-6-14)29-18(21(22,23)24)17(11-25-29)19(30)27-20-26-15(13-31-20)12-28-9-3-2-4-10-28/h5-8,11,13H,2-4,9-10,12H2,1H3,(H,26,27,30). The number of likely N-dealkylation sites (tertiary alicyclic amines) is 1. The molecule has 2 aromatic heterocycles. The summed E-state index contributed by atoms with van der Waals surface area (Å²) in [4.78, 5) is 19.3. The molecule has 1 aromatic carbocycles. The Morgan fingerprint density at radius 3 is 2.55 bits per heavy atom. The number of nitrogens with zero attached hydrogens (tertiary/aromatic N) is 4. The number of anilines is 1. The van der Waals surface area contributed by atoms with Gasteiger partial charge in [0.05, 0.1) is 23.1 Å². The molecule has 0 aliphatic carbocycles. The molecular weight excluding hydrogens is 427 g/mol. The second kappa shape index (κ2) is 8.80. The molecule has 164 valence electrons. The minimum Gasteiger partial charge on any atom is -0.298 e. The van der Waals surface area contributed by atoms with Crippen molar-refractivity contribution in [1.29, 1.82) is 0 Å². The van der Waals surface area contributed by atoms with Crippen molar-refractivity contribution in [2.45, 2.75) is 38.9 Å². The fourth-order valence-corrected chi connectivity index (χ4v) is 4.31. The summed E-state index contributed by atoms with van der Waals surface area (Å²) < 4.78 is 42.2. The van der Waals surface area contributed by atoms with Crippen molar-refractivity contribution in [3.63, 3.8) is 0 Å². The number of hydrogen-bond acceptors (Lipinski definition) is 5. The number of aromatic nitrogens is 3. The zero-order valence-electron chi connectivity index (χ0n) is 16.9. The molecule has 1 N–H and O–H groups in total. The molecule has 3 heterocycles. The molecular formula is C21H22F3N5OS. The largest absolute Gasteiger partial charge is 0.434 e. The minimum atomic E-state index is -4.75. The molecule has 31 heavy (non-hydrogen) atoms. The number of benzene rings is 1. The second-order valence-corrected chi connectivity index (χ2v) is 8.44. The van der Waals surface area contributed by atoms with E-state index in [1.165, 1.54) is 29.9 Å². The van der Waals surface area contributed by atoms with Crippen molar-refractivity contribution in [2.24, 2.45) is 0 Å². The van der Waals surface area contributed by atoms with Crippen LogP contribution in [0.15, 0.2) is 35.8 Å². The Morgan fingerprint density at radius 2 is 1.87 bits per heavy atom. The molecule has 0 spiro atoms. The van der Waals surface area contributed by atoms with Crippen molar-refractivity contribution in [2.75, 3.05) is 18.4 Å². The summed E-state index contributed by atoms with van der Waals surface area (Å²) in [5, 5.41) is 8.43. The number of carbonyl (C=O) groups is 1. The lowest BCUT2D eigenvalue weighted by atomic mass is 10.1. The molecule has 1 saturated heterocycles. The third kappa shape index (κ3) is 4.96. The predicted molar refractivity (Wildman–Crippen MR) is 112 cm³/mol. The van der Waals surface area contributed by atoms with Gasteiger partial charge in [0, 0.05) is 11.9 Å². The van der Waals surface area contributed by atoms with Gasteiger partial charge in [-0.1, -0.05) is 24.1 Å². The van der Waals surface area contributed by atoms with Gasteiger partial charge in [0.1, 0.15) is 0 Å². The number of rotatable bonds is 5. The van der Waals surface area contributed by atoms with Crippen LogP contribution in [0, 0.1) is 6.92 Å². The lowest BCUT2D eigenvalue weighted by molar-refractivity contribution is -0.143. The van der Waals surface area contributed by atoms with Gasteiger partial charge in [-0.25, -0.2) is 9.67 Å². The molecule has 1 aliphatic heterocycles. The third-order valence-electron chi connectivity index (χ3n) is 5.17. The van der Waals surface area contributed by atoms with Gasteiger partial charge in [-0.05, 0) is 45.0 Å². The highest BCUT2D eigenvalue weighted by atomic mass is 32.1. The molecule has 0 radical (unpaired) electrons. The number of alkyl halides is 3. The van der Waals surface area contributed by atoms with E-state index in [-0.39, 0.29) is 10.8 Å². The van der Waals surface area contributed by atoms with E-state index in [0.29, 0.717) is 6.54 Å². The van der Waals surface area contributed by atoms with Crippen LogP contribution in [0.5, 0.6) is 0 Å². The number of piperidine rings is 1. The van der Waals surface area contributed by atoms with Crippen LogP contribution in [0.25, 0.3) is 5.69 Å². The fourth-order valence-electron chi connectivity index (χ4n) is 3.62. The average molecular weight is 450 g/mol. The number of carbonyl (C=O) groups excluding carboxylic acids is 1. The van der Waals surface area contributed by atoms with Gasteiger partial charge in [-0.15, -0.1) is 11.3 Å². The summed E-state index contributed by atoms with van der Waals surface area (Å²) in [6, 6.07) is 6.45. The normalized spacial score (nSPS) is 15.2. The topological polar surface area (TPSA) is 63.1 Å². The van der Waals surface area contributed by atoms with Crippen molar-refractivity contribution < 1.29 is 18.0 Å². The first-order chi connectivity index (χ1) is 14.8. The number of nitrogens with one attached hydrogen (secondary N) is 1. The number of thiazole rings is 1. The molecule has 1 fully saturated rings. The van der Waals surface area contributed by atoms with E-state index < -0.39 is 23.3 Å². The fraction of sp³-hybridized carbons (Fsp3) is 0.381. The first kappa shape index (κ1) is 21.5. The average Bonchev–Trinajstić information content (AvgIpc) is 3.36. The molecule has 4 rings (SSSR count). The van der Waals surface area contributed by atoms with Crippen LogP contribution < -0.4 is 5.32 Å². The van der Waals surface area contributed by atoms with Gasteiger partial charge < -0.3 is 0 Å². The summed E-state index contributed by atoms with van der Waals surface area (Å²) in [5.74, 6) is -0.885. The summed E-state index contributed by atoms with van der Waals surface area (Å²) in [6.07, 6.45) is -0.277. The monoisotopic (exact) mass is 449 g/mol. The van der Waals surface area contributed by atoms with Crippen molar-refractivity contribution in [1.82, 2.24) is 19.7 Å². The third-order valence-corrected chi connectivity index (χ3v) is 5.97. The van der Waals surface area contributed by atoms with Gasteiger partial charge in [0.15, 0.2) is 10.8 Å². The van der Waals surface area contributed by atoms with Crippen molar-refractivity contribution in [3.05, 3.63) is 58.4 Å².